The number of hydrogen-bond donors (Lipinski definition) is 4. The predicted octanol–water partition coefficient (Wildman–Crippen LogP) is 0.315. The van der Waals surface area contributed by atoms with Gasteiger partial charge in [-0.15, -0.1) is 10.2 Å². The molecule has 2 aromatic rings. The number of carbonyl (C=O) groups is 1. The summed E-state index contributed by atoms with van der Waals surface area (Å²) in [5.74, 6) is 0.360. The quantitative estimate of drug-likeness (QED) is 0.588. The van der Waals surface area contributed by atoms with E-state index in [2.05, 4.69) is 31.3 Å². The minimum atomic E-state index is -0.176. The van der Waals surface area contributed by atoms with Crippen LogP contribution in [0.4, 0.5) is 11.4 Å². The van der Waals surface area contributed by atoms with Crippen LogP contribution in [-0.2, 0) is 0 Å². The van der Waals surface area contributed by atoms with Gasteiger partial charge in [-0.3, -0.25) is 4.79 Å². The van der Waals surface area contributed by atoms with E-state index in [1.807, 2.05) is 6.92 Å². The first-order valence-corrected chi connectivity index (χ1v) is 5.73. The maximum absolute atomic E-state index is 11.5. The summed E-state index contributed by atoms with van der Waals surface area (Å²) < 4.78 is 0. The van der Waals surface area contributed by atoms with Crippen LogP contribution >= 0.6 is 0 Å². The van der Waals surface area contributed by atoms with Crippen molar-refractivity contribution >= 4 is 17.3 Å². The fourth-order valence-corrected chi connectivity index (χ4v) is 1.63. The van der Waals surface area contributed by atoms with Crippen LogP contribution in [0.5, 0.6) is 0 Å². The van der Waals surface area contributed by atoms with E-state index in [0.717, 1.165) is 0 Å². The van der Waals surface area contributed by atoms with Crippen LogP contribution in [0.25, 0.3) is 0 Å². The lowest BCUT2D eigenvalue weighted by atomic mass is 10.1. The Morgan fingerprint density at radius 1 is 1.47 bits per heavy atom. The van der Waals surface area contributed by atoms with Gasteiger partial charge in [0.15, 0.2) is 5.82 Å². The standard InChI is InChI=1S/C11H15N7O/c1-6(10-15-17-18-16-10)14-9-4-3-7(5-8(9)12)11(19)13-2/h3-6,14H,12H2,1-2H3,(H,13,19)(H,15,16,17,18). The molecule has 5 N–H and O–H groups in total. The zero-order valence-electron chi connectivity index (χ0n) is 10.6. The number of benzene rings is 1. The number of nitrogens with two attached hydrogens (primary N) is 1. The highest BCUT2D eigenvalue weighted by atomic mass is 16.1. The molecule has 1 aromatic heterocycles. The highest BCUT2D eigenvalue weighted by Crippen LogP contribution is 2.23. The molecule has 0 radical (unpaired) electrons. The van der Waals surface area contributed by atoms with Gasteiger partial charge in [0.2, 0.25) is 0 Å². The van der Waals surface area contributed by atoms with Crippen molar-refractivity contribution in [3.63, 3.8) is 0 Å². The largest absolute Gasteiger partial charge is 0.397 e. The number of aromatic nitrogens is 4. The summed E-state index contributed by atoms with van der Waals surface area (Å²) >= 11 is 0. The monoisotopic (exact) mass is 261 g/mol. The summed E-state index contributed by atoms with van der Waals surface area (Å²) in [5.41, 5.74) is 7.62. The minimum Gasteiger partial charge on any atom is -0.397 e. The number of aromatic amines is 1. The van der Waals surface area contributed by atoms with E-state index in [-0.39, 0.29) is 11.9 Å². The molecule has 8 heteroatoms. The molecule has 8 nitrogen and oxygen atoms in total. The molecule has 100 valence electrons. The SMILES string of the molecule is CNC(=O)c1ccc(NC(C)c2nn[nH]n2)c(N)c1. The third-order valence-corrected chi connectivity index (χ3v) is 2.66. The molecule has 1 unspecified atom stereocenters. The lowest BCUT2D eigenvalue weighted by Crippen LogP contribution is -2.18. The van der Waals surface area contributed by atoms with Gasteiger partial charge in [-0.05, 0) is 25.1 Å². The molecule has 1 amide bonds. The molecule has 19 heavy (non-hydrogen) atoms. The second kappa shape index (κ2) is 5.34. The average Bonchev–Trinajstić information content (AvgIpc) is 2.94. The number of amides is 1. The van der Waals surface area contributed by atoms with Gasteiger partial charge in [-0.25, -0.2) is 0 Å². The molecule has 2 rings (SSSR count). The molecular weight excluding hydrogens is 246 g/mol. The molecule has 1 heterocycles. The third-order valence-electron chi connectivity index (χ3n) is 2.66. The van der Waals surface area contributed by atoms with Crippen molar-refractivity contribution in [2.24, 2.45) is 0 Å². The van der Waals surface area contributed by atoms with E-state index in [9.17, 15) is 4.79 Å². The third kappa shape index (κ3) is 2.79. The van der Waals surface area contributed by atoms with Gasteiger partial charge in [0.1, 0.15) is 0 Å². The van der Waals surface area contributed by atoms with Gasteiger partial charge < -0.3 is 16.4 Å². The molecule has 0 saturated heterocycles. The lowest BCUT2D eigenvalue weighted by molar-refractivity contribution is 0.0963. The van der Waals surface area contributed by atoms with E-state index in [1.165, 1.54) is 0 Å². The van der Waals surface area contributed by atoms with E-state index in [4.69, 9.17) is 5.73 Å². The normalized spacial score (nSPS) is 11.9. The number of nitrogens with one attached hydrogen (secondary N) is 3. The molecule has 1 atom stereocenters. The lowest BCUT2D eigenvalue weighted by Gasteiger charge is -2.14. The zero-order valence-corrected chi connectivity index (χ0v) is 10.6. The molecule has 0 aliphatic rings. The van der Waals surface area contributed by atoms with Gasteiger partial charge in [0.25, 0.3) is 5.91 Å². The molecule has 0 spiro atoms. The maximum Gasteiger partial charge on any atom is 0.251 e. The average molecular weight is 261 g/mol. The Kier molecular flexibility index (Phi) is 3.60. The summed E-state index contributed by atoms with van der Waals surface area (Å²) in [6, 6.07) is 4.91. The summed E-state index contributed by atoms with van der Waals surface area (Å²) in [7, 11) is 1.57. The first-order valence-electron chi connectivity index (χ1n) is 5.73. The van der Waals surface area contributed by atoms with E-state index >= 15 is 0 Å². The fraction of sp³-hybridized carbons (Fsp3) is 0.273. The molecule has 0 aliphatic carbocycles. The van der Waals surface area contributed by atoms with Crippen LogP contribution in [0.1, 0.15) is 29.1 Å². The molecule has 0 bridgehead atoms. The van der Waals surface area contributed by atoms with E-state index < -0.39 is 0 Å². The number of anilines is 2. The molecule has 0 fully saturated rings. The summed E-state index contributed by atoms with van der Waals surface area (Å²) in [5, 5.41) is 19.4. The Bertz CT molecular complexity index is 566. The van der Waals surface area contributed by atoms with Crippen molar-refractivity contribution in [3.05, 3.63) is 29.6 Å². The van der Waals surface area contributed by atoms with Crippen LogP contribution < -0.4 is 16.4 Å². The van der Waals surface area contributed by atoms with Crippen LogP contribution in [0.2, 0.25) is 0 Å². The van der Waals surface area contributed by atoms with Crippen LogP contribution in [-0.4, -0.2) is 33.6 Å². The number of tetrazole rings is 1. The van der Waals surface area contributed by atoms with Crippen molar-refractivity contribution in [2.75, 3.05) is 18.1 Å². The number of nitrogen functional groups attached to an aromatic ring is 1. The maximum atomic E-state index is 11.5. The predicted molar refractivity (Wildman–Crippen MR) is 70.5 cm³/mol. The van der Waals surface area contributed by atoms with E-state index in [1.54, 1.807) is 25.2 Å². The van der Waals surface area contributed by atoms with Gasteiger partial charge in [0, 0.05) is 12.6 Å². The van der Waals surface area contributed by atoms with Crippen molar-refractivity contribution in [1.29, 1.82) is 0 Å². The Balaban J connectivity index is 2.15. The number of nitrogens with zero attached hydrogens (tertiary/aromatic N) is 3. The first-order chi connectivity index (χ1) is 9.11. The van der Waals surface area contributed by atoms with Crippen molar-refractivity contribution in [1.82, 2.24) is 25.9 Å². The Hall–Kier alpha value is -2.64. The van der Waals surface area contributed by atoms with E-state index in [0.29, 0.717) is 22.8 Å². The molecule has 0 aliphatic heterocycles. The Morgan fingerprint density at radius 2 is 2.26 bits per heavy atom. The summed E-state index contributed by atoms with van der Waals surface area (Å²) in [6.07, 6.45) is 0. The second-order valence-corrected chi connectivity index (χ2v) is 4.02. The van der Waals surface area contributed by atoms with Gasteiger partial charge in [0.05, 0.1) is 17.4 Å². The van der Waals surface area contributed by atoms with Gasteiger partial charge in [-0.2, -0.15) is 5.21 Å². The Morgan fingerprint density at radius 3 is 2.84 bits per heavy atom. The molecular formula is C11H15N7O. The van der Waals surface area contributed by atoms with Crippen molar-refractivity contribution < 1.29 is 4.79 Å². The van der Waals surface area contributed by atoms with Crippen LogP contribution in [0.15, 0.2) is 18.2 Å². The van der Waals surface area contributed by atoms with Crippen molar-refractivity contribution in [3.8, 4) is 0 Å². The molecule has 1 aromatic carbocycles. The number of hydrogen-bond acceptors (Lipinski definition) is 6. The number of carbonyl (C=O) groups excluding carboxylic acids is 1. The highest BCUT2D eigenvalue weighted by Gasteiger charge is 2.12. The second-order valence-electron chi connectivity index (χ2n) is 4.02. The van der Waals surface area contributed by atoms with Gasteiger partial charge in [-0.1, -0.05) is 5.21 Å². The van der Waals surface area contributed by atoms with Crippen LogP contribution in [0.3, 0.4) is 0 Å². The summed E-state index contributed by atoms with van der Waals surface area (Å²) in [4.78, 5) is 11.5. The van der Waals surface area contributed by atoms with Crippen molar-refractivity contribution in [2.45, 2.75) is 13.0 Å². The topological polar surface area (TPSA) is 122 Å². The first kappa shape index (κ1) is 12.8. The van der Waals surface area contributed by atoms with Gasteiger partial charge >= 0.3 is 0 Å². The number of H-pyrrole nitrogens is 1. The Labute approximate surface area is 109 Å². The fourth-order valence-electron chi connectivity index (χ4n) is 1.63. The zero-order chi connectivity index (χ0) is 13.8. The highest BCUT2D eigenvalue weighted by molar-refractivity contribution is 5.95. The minimum absolute atomic E-state index is 0.146. The number of rotatable bonds is 4. The summed E-state index contributed by atoms with van der Waals surface area (Å²) in [6.45, 7) is 1.89. The molecule has 0 saturated carbocycles. The van der Waals surface area contributed by atoms with Crippen LogP contribution in [0, 0.1) is 0 Å². The smallest absolute Gasteiger partial charge is 0.251 e.